The molecule has 4 unspecified atom stereocenters. The van der Waals surface area contributed by atoms with Crippen molar-refractivity contribution in [1.29, 1.82) is 0 Å². The SMILES string of the molecule is C.C.C.C.C.C.C.C.C.C.C.C.CCC(C)C(=O)Nc1ccc(N(c2ccccc2)c2ccc(C(=O)/C=C/c3ccccc3)cc2)cc1.CCC(C)Oc1ccc(-c2nnc(-c3ccc(C(C)(C)C)cc3)o2)cc1.CCC(C)n1c2ccccc2c2cc(C(=O)/C=C/c3ccccc3)ccc21.CCC(C)n1c2ccccc2c2cc(COC(=O)/C=C/c3ccccc3)ccc21. The molecule has 3 heterocycles. The van der Waals surface area contributed by atoms with Crippen molar-refractivity contribution in [2.45, 2.75) is 221 Å². The van der Waals surface area contributed by atoms with E-state index in [1.807, 2.05) is 250 Å². The van der Waals surface area contributed by atoms with Crippen molar-refractivity contribution in [3.8, 4) is 28.7 Å². The van der Waals surface area contributed by atoms with Crippen LogP contribution in [0.4, 0.5) is 22.7 Å². The van der Waals surface area contributed by atoms with E-state index < -0.39 is 0 Å². The molecule has 0 fully saturated rings. The fourth-order valence-corrected chi connectivity index (χ4v) is 13.7. The number of hydrogen-bond donors (Lipinski definition) is 1. The summed E-state index contributed by atoms with van der Waals surface area (Å²) in [7, 11) is 0. The Hall–Kier alpha value is -13.5. The van der Waals surface area contributed by atoms with Crippen LogP contribution in [0.15, 0.2) is 326 Å². The number of nitrogens with one attached hydrogen (secondary N) is 1. The summed E-state index contributed by atoms with van der Waals surface area (Å²) in [6, 6.07) is 101. The Bertz CT molecular complexity index is 5920. The van der Waals surface area contributed by atoms with Gasteiger partial charge in [-0.25, -0.2) is 4.79 Å². The number of carbonyl (C=O) groups is 4. The van der Waals surface area contributed by atoms with E-state index in [2.05, 4.69) is 171 Å². The Morgan fingerprint density at radius 3 is 1.23 bits per heavy atom. The first-order chi connectivity index (χ1) is 57.3. The lowest BCUT2D eigenvalue weighted by atomic mass is 9.87. The van der Waals surface area contributed by atoms with Crippen molar-refractivity contribution in [3.05, 3.63) is 360 Å². The smallest absolute Gasteiger partial charge is 0.331 e. The molecule has 12 aromatic carbocycles. The highest BCUT2D eigenvalue weighted by molar-refractivity contribution is 6.14. The quantitative estimate of drug-likeness (QED) is 0.0333. The number of nitrogens with zero attached hydrogens (tertiary/aromatic N) is 5. The average molecular weight is 1750 g/mol. The summed E-state index contributed by atoms with van der Waals surface area (Å²) >= 11 is 0. The maximum Gasteiger partial charge on any atom is 0.331 e. The van der Waals surface area contributed by atoms with Gasteiger partial charge in [-0.1, -0.05) is 320 Å². The number of amides is 1. The number of ether oxygens (including phenoxy) is 2. The zero-order valence-corrected chi connectivity index (χ0v) is 69.3. The summed E-state index contributed by atoms with van der Waals surface area (Å²) in [6.07, 6.45) is 14.3. The number of para-hydroxylation sites is 3. The lowest BCUT2D eigenvalue weighted by molar-refractivity contribution is -0.138. The van der Waals surface area contributed by atoms with Crippen molar-refractivity contribution in [1.82, 2.24) is 19.3 Å². The fourth-order valence-electron chi connectivity index (χ4n) is 13.7. The summed E-state index contributed by atoms with van der Waals surface area (Å²) in [5, 5.41) is 16.1. The van der Waals surface area contributed by atoms with Crippen molar-refractivity contribution in [2.24, 2.45) is 5.92 Å². The van der Waals surface area contributed by atoms with Crippen LogP contribution in [0.5, 0.6) is 5.75 Å². The molecule has 692 valence electrons. The molecule has 0 saturated carbocycles. The van der Waals surface area contributed by atoms with Gasteiger partial charge >= 0.3 is 5.97 Å². The van der Waals surface area contributed by atoms with Crippen LogP contribution in [0.2, 0.25) is 0 Å². The molecule has 13 heteroatoms. The molecule has 15 aromatic rings. The number of esters is 1. The van der Waals surface area contributed by atoms with Crippen LogP contribution in [0, 0.1) is 5.92 Å². The van der Waals surface area contributed by atoms with Gasteiger partial charge in [0.05, 0.1) is 6.10 Å². The molecular formula is C117H152N6O7. The molecule has 0 saturated heterocycles. The topological polar surface area (TPSA) is 151 Å². The number of allylic oxidation sites excluding steroid dienone is 2. The van der Waals surface area contributed by atoms with Gasteiger partial charge in [-0.15, -0.1) is 10.2 Å². The molecule has 0 radical (unpaired) electrons. The Morgan fingerprint density at radius 1 is 0.400 bits per heavy atom. The molecular weight excluding hydrogens is 1600 g/mol. The fraction of sp³-hybridized carbons (Fsp3) is 0.282. The van der Waals surface area contributed by atoms with Crippen molar-refractivity contribution in [3.63, 3.8) is 0 Å². The first-order valence-corrected chi connectivity index (χ1v) is 40.8. The molecule has 0 aliphatic carbocycles. The number of benzene rings is 12. The number of carbonyl (C=O) groups excluding carboxylic acids is 4. The number of rotatable bonds is 25. The molecule has 0 bridgehead atoms. The summed E-state index contributed by atoms with van der Waals surface area (Å²) in [5.74, 6) is 1.52. The third-order valence-electron chi connectivity index (χ3n) is 21.2. The standard InChI is InChI=1S/C32H30N2O2.C26H25NO2.C25H23NO.C22H26N2O2.12CH4/c1-3-24(2)32(36)33-27-17-21-30(22-18-27)34(28-12-8-5-9-13-28)29-19-15-26(16-20-29)31(35)23-14-25-10-6-4-7-11-25;1-3-19(2)27-24-12-8-7-11-22(24)23-17-21(13-15-25(23)27)18-29-26(28)16-14-20-9-5-4-6-10-20;1-3-18(2)26-23-12-8-7-11-21(23)22-17-20(14-15-24(22)26)25(27)16-13-19-9-5-4-6-10-19;1-6-15(2)25-19-13-9-17(10-14-19)21-24-23-20(26-21)16-7-11-18(12-8-16)22(3,4)5;;;;;;;;;;;;/h4-24H,3H2,1-2H3,(H,33,36);4-17,19H,3,18H2,1-2H3;4-18H,3H2,1-2H3;7-15H,6H2,1-5H3;12*1H4/b23-14+;16-14+;16-13+;;;;;;;;;;;;;. The zero-order valence-electron chi connectivity index (χ0n) is 69.3. The van der Waals surface area contributed by atoms with E-state index >= 15 is 0 Å². The molecule has 4 atom stereocenters. The van der Waals surface area contributed by atoms with Crippen LogP contribution in [-0.4, -0.2) is 48.9 Å². The van der Waals surface area contributed by atoms with E-state index in [9.17, 15) is 19.2 Å². The van der Waals surface area contributed by atoms with Crippen molar-refractivity contribution in [2.75, 3.05) is 10.2 Å². The highest BCUT2D eigenvalue weighted by Gasteiger charge is 2.21. The highest BCUT2D eigenvalue weighted by Crippen LogP contribution is 2.39. The van der Waals surface area contributed by atoms with Gasteiger partial charge in [-0.2, -0.15) is 0 Å². The second kappa shape index (κ2) is 55.9. The van der Waals surface area contributed by atoms with Crippen LogP contribution in [-0.2, 0) is 26.3 Å². The minimum atomic E-state index is -0.337. The van der Waals surface area contributed by atoms with Crippen LogP contribution >= 0.6 is 0 Å². The van der Waals surface area contributed by atoms with Crippen LogP contribution in [0.1, 0.15) is 252 Å². The highest BCUT2D eigenvalue weighted by atomic mass is 16.5. The number of fused-ring (bicyclic) bond motifs is 6. The maximum atomic E-state index is 12.7. The van der Waals surface area contributed by atoms with E-state index in [0.717, 1.165) is 98.5 Å². The normalized spacial score (nSPS) is 11.3. The summed E-state index contributed by atoms with van der Waals surface area (Å²) in [4.78, 5) is 51.9. The van der Waals surface area contributed by atoms with E-state index in [1.54, 1.807) is 18.2 Å². The van der Waals surface area contributed by atoms with E-state index in [0.29, 0.717) is 29.4 Å². The largest absolute Gasteiger partial charge is 0.491 e. The van der Waals surface area contributed by atoms with Crippen molar-refractivity contribution < 1.29 is 33.1 Å². The zero-order chi connectivity index (χ0) is 83.1. The lowest BCUT2D eigenvalue weighted by Gasteiger charge is -2.25. The lowest BCUT2D eigenvalue weighted by Crippen LogP contribution is -2.19. The average Bonchev–Trinajstić information content (AvgIpc) is 1.61. The molecule has 15 rings (SSSR count). The molecule has 0 aliphatic heterocycles. The first-order valence-electron chi connectivity index (χ1n) is 40.8. The molecule has 13 nitrogen and oxygen atoms in total. The molecule has 0 spiro atoms. The van der Waals surface area contributed by atoms with Gasteiger partial charge in [0, 0.05) is 113 Å². The second-order valence-corrected chi connectivity index (χ2v) is 30.6. The number of aromatic nitrogens is 4. The molecule has 3 aromatic heterocycles. The Morgan fingerprint density at radius 2 is 0.785 bits per heavy atom. The minimum Gasteiger partial charge on any atom is -0.491 e. The third kappa shape index (κ3) is 30.1. The second-order valence-electron chi connectivity index (χ2n) is 30.6. The summed E-state index contributed by atoms with van der Waals surface area (Å²) in [5.41, 5.74) is 17.1. The van der Waals surface area contributed by atoms with Gasteiger partial charge in [0.15, 0.2) is 11.6 Å². The van der Waals surface area contributed by atoms with Gasteiger partial charge in [-0.3, -0.25) is 14.4 Å². The Kier molecular flexibility index (Phi) is 50.1. The van der Waals surface area contributed by atoms with E-state index in [-0.39, 0.29) is 137 Å². The summed E-state index contributed by atoms with van der Waals surface area (Å²) < 4.78 is 21.9. The number of hydrogen-bond acceptors (Lipinski definition) is 10. The first kappa shape index (κ1) is 116. The van der Waals surface area contributed by atoms with E-state index in [1.165, 1.54) is 49.9 Å². The van der Waals surface area contributed by atoms with Crippen LogP contribution in [0.25, 0.3) is 84.7 Å². The Labute approximate surface area is 782 Å². The van der Waals surface area contributed by atoms with Gasteiger partial charge < -0.3 is 33.2 Å². The van der Waals surface area contributed by atoms with Crippen LogP contribution < -0.4 is 15.0 Å². The minimum absolute atomic E-state index is 0. The Balaban J connectivity index is 0.00000167. The maximum absolute atomic E-state index is 12.7. The predicted molar refractivity (Wildman–Crippen MR) is 568 cm³/mol. The third-order valence-corrected chi connectivity index (χ3v) is 21.2. The monoisotopic (exact) mass is 1750 g/mol. The molecule has 1 N–H and O–H groups in total. The van der Waals surface area contributed by atoms with Gasteiger partial charge in [0.25, 0.3) is 0 Å². The molecule has 1 amide bonds. The molecule has 0 aliphatic rings. The van der Waals surface area contributed by atoms with Gasteiger partial charge in [0.1, 0.15) is 12.4 Å². The number of anilines is 4. The van der Waals surface area contributed by atoms with Gasteiger partial charge in [0.2, 0.25) is 17.7 Å². The van der Waals surface area contributed by atoms with Crippen LogP contribution in [0.3, 0.4) is 0 Å². The van der Waals surface area contributed by atoms with E-state index in [4.69, 9.17) is 13.9 Å². The summed E-state index contributed by atoms with van der Waals surface area (Å²) in [6.45, 7) is 23.8. The molecule has 130 heavy (non-hydrogen) atoms. The predicted octanol–water partition coefficient (Wildman–Crippen LogP) is 34.7. The van der Waals surface area contributed by atoms with Gasteiger partial charge in [-0.05, 0) is 237 Å². The van der Waals surface area contributed by atoms with Crippen molar-refractivity contribution >= 4 is 108 Å². The number of ketones is 2.